The fraction of sp³-hybridized carbons (Fsp3) is 0.318. The van der Waals surface area contributed by atoms with Crippen molar-refractivity contribution in [3.8, 4) is 0 Å². The molecule has 0 saturated heterocycles. The molecule has 5 heteroatoms. The zero-order valence-corrected chi connectivity index (χ0v) is 15.7. The van der Waals surface area contributed by atoms with E-state index in [-0.39, 0.29) is 17.7 Å². The molecule has 0 aliphatic carbocycles. The lowest BCUT2D eigenvalue weighted by atomic mass is 10.1. The summed E-state index contributed by atoms with van der Waals surface area (Å²) in [5, 5.41) is 2.91. The van der Waals surface area contributed by atoms with E-state index in [4.69, 9.17) is 0 Å². The number of hydrogen-bond donors (Lipinski definition) is 1. The Morgan fingerprint density at radius 1 is 0.889 bits per heavy atom. The third-order valence-electron chi connectivity index (χ3n) is 4.95. The molecular formula is C22H24N2O3. The van der Waals surface area contributed by atoms with E-state index in [9.17, 15) is 14.4 Å². The highest BCUT2D eigenvalue weighted by Gasteiger charge is 2.34. The third-order valence-corrected chi connectivity index (χ3v) is 4.95. The van der Waals surface area contributed by atoms with Gasteiger partial charge in [-0.25, -0.2) is 0 Å². The molecule has 0 saturated carbocycles. The van der Waals surface area contributed by atoms with Crippen molar-refractivity contribution < 1.29 is 14.4 Å². The molecule has 1 aliphatic heterocycles. The number of nitrogens with one attached hydrogen (secondary N) is 1. The number of anilines is 1. The number of carbonyl (C=O) groups excluding carboxylic acids is 3. The van der Waals surface area contributed by atoms with Gasteiger partial charge in [0.05, 0.1) is 11.1 Å². The average molecular weight is 364 g/mol. The first-order chi connectivity index (χ1) is 13.0. The molecule has 0 aromatic heterocycles. The number of amides is 3. The SMILES string of the molecule is Cc1ccc(NC(=O)CCCCCN2C(=O)c3ccccc3C2=O)cc1C. The fourth-order valence-electron chi connectivity index (χ4n) is 3.22. The smallest absolute Gasteiger partial charge is 0.261 e. The predicted molar refractivity (Wildman–Crippen MR) is 105 cm³/mol. The standard InChI is InChI=1S/C22H24N2O3/c1-15-11-12-17(14-16(15)2)23-20(25)10-4-3-7-13-24-21(26)18-8-5-6-9-19(18)22(24)27/h5-6,8-9,11-12,14H,3-4,7,10,13H2,1-2H3,(H,23,25). The van der Waals surface area contributed by atoms with Crippen molar-refractivity contribution >= 4 is 23.4 Å². The number of rotatable bonds is 7. The number of imide groups is 1. The first kappa shape index (κ1) is 18.8. The van der Waals surface area contributed by atoms with Crippen LogP contribution in [0.2, 0.25) is 0 Å². The van der Waals surface area contributed by atoms with Gasteiger partial charge < -0.3 is 5.32 Å². The molecule has 2 aromatic rings. The first-order valence-corrected chi connectivity index (χ1v) is 9.29. The van der Waals surface area contributed by atoms with Crippen LogP contribution in [0.25, 0.3) is 0 Å². The van der Waals surface area contributed by atoms with Crippen LogP contribution in [0, 0.1) is 13.8 Å². The summed E-state index contributed by atoms with van der Waals surface area (Å²) >= 11 is 0. The second-order valence-electron chi connectivity index (χ2n) is 6.97. The largest absolute Gasteiger partial charge is 0.326 e. The summed E-state index contributed by atoms with van der Waals surface area (Å²) in [5.41, 5.74) is 4.12. The van der Waals surface area contributed by atoms with Crippen LogP contribution in [0.4, 0.5) is 5.69 Å². The summed E-state index contributed by atoms with van der Waals surface area (Å²) < 4.78 is 0. The zero-order chi connectivity index (χ0) is 19.4. The molecule has 140 valence electrons. The van der Waals surface area contributed by atoms with Gasteiger partial charge in [0.2, 0.25) is 5.91 Å². The van der Waals surface area contributed by atoms with Crippen molar-refractivity contribution in [2.75, 3.05) is 11.9 Å². The Kier molecular flexibility index (Phi) is 5.69. The second kappa shape index (κ2) is 8.16. The van der Waals surface area contributed by atoms with E-state index in [1.807, 2.05) is 32.0 Å². The van der Waals surface area contributed by atoms with Crippen LogP contribution >= 0.6 is 0 Å². The zero-order valence-electron chi connectivity index (χ0n) is 15.7. The van der Waals surface area contributed by atoms with Crippen LogP contribution in [0.15, 0.2) is 42.5 Å². The van der Waals surface area contributed by atoms with E-state index in [2.05, 4.69) is 5.32 Å². The van der Waals surface area contributed by atoms with Crippen molar-refractivity contribution in [2.24, 2.45) is 0 Å². The molecule has 2 aromatic carbocycles. The molecular weight excluding hydrogens is 340 g/mol. The van der Waals surface area contributed by atoms with Gasteiger partial charge >= 0.3 is 0 Å². The molecule has 3 amide bonds. The van der Waals surface area contributed by atoms with Gasteiger partial charge in [0, 0.05) is 18.7 Å². The van der Waals surface area contributed by atoms with Crippen molar-refractivity contribution in [2.45, 2.75) is 39.5 Å². The molecule has 1 heterocycles. The molecule has 0 spiro atoms. The Hall–Kier alpha value is -2.95. The minimum absolute atomic E-state index is 0.0148. The molecule has 27 heavy (non-hydrogen) atoms. The molecule has 5 nitrogen and oxygen atoms in total. The molecule has 0 radical (unpaired) electrons. The Labute approximate surface area is 159 Å². The Morgan fingerprint density at radius 2 is 1.56 bits per heavy atom. The molecule has 0 unspecified atom stereocenters. The van der Waals surface area contributed by atoms with Gasteiger partial charge in [0.25, 0.3) is 11.8 Å². The van der Waals surface area contributed by atoms with E-state index in [1.54, 1.807) is 24.3 Å². The van der Waals surface area contributed by atoms with E-state index in [0.717, 1.165) is 24.1 Å². The highest BCUT2D eigenvalue weighted by Crippen LogP contribution is 2.23. The van der Waals surface area contributed by atoms with Gasteiger partial charge in [-0.05, 0) is 62.1 Å². The van der Waals surface area contributed by atoms with E-state index in [0.29, 0.717) is 30.5 Å². The monoisotopic (exact) mass is 364 g/mol. The van der Waals surface area contributed by atoms with Gasteiger partial charge in [-0.15, -0.1) is 0 Å². The maximum absolute atomic E-state index is 12.3. The van der Waals surface area contributed by atoms with Crippen LogP contribution in [0.3, 0.4) is 0 Å². The number of fused-ring (bicyclic) bond motifs is 1. The Balaban J connectivity index is 1.40. The number of nitrogens with zero attached hydrogens (tertiary/aromatic N) is 1. The van der Waals surface area contributed by atoms with Crippen molar-refractivity contribution in [3.05, 3.63) is 64.7 Å². The molecule has 3 rings (SSSR count). The number of aryl methyl sites for hydroxylation is 2. The van der Waals surface area contributed by atoms with E-state index in [1.165, 1.54) is 10.5 Å². The van der Waals surface area contributed by atoms with Crippen molar-refractivity contribution in [1.82, 2.24) is 4.90 Å². The van der Waals surface area contributed by atoms with Gasteiger partial charge in [-0.1, -0.05) is 24.6 Å². The molecule has 1 aliphatic rings. The van der Waals surface area contributed by atoms with Gasteiger partial charge in [0.15, 0.2) is 0 Å². The van der Waals surface area contributed by atoms with Gasteiger partial charge in [-0.3, -0.25) is 19.3 Å². The highest BCUT2D eigenvalue weighted by molar-refractivity contribution is 6.21. The maximum atomic E-state index is 12.3. The lowest BCUT2D eigenvalue weighted by Gasteiger charge is -2.13. The summed E-state index contributed by atoms with van der Waals surface area (Å²) in [6, 6.07) is 12.8. The van der Waals surface area contributed by atoms with Crippen LogP contribution in [-0.2, 0) is 4.79 Å². The summed E-state index contributed by atoms with van der Waals surface area (Å²) in [6.45, 7) is 4.45. The molecule has 0 fully saturated rings. The highest BCUT2D eigenvalue weighted by atomic mass is 16.2. The fourth-order valence-corrected chi connectivity index (χ4v) is 3.22. The quantitative estimate of drug-likeness (QED) is 0.594. The second-order valence-corrected chi connectivity index (χ2v) is 6.97. The van der Waals surface area contributed by atoms with E-state index >= 15 is 0 Å². The number of benzene rings is 2. The van der Waals surface area contributed by atoms with Crippen LogP contribution in [0.1, 0.15) is 57.5 Å². The lowest BCUT2D eigenvalue weighted by Crippen LogP contribution is -2.30. The minimum Gasteiger partial charge on any atom is -0.326 e. The van der Waals surface area contributed by atoms with Crippen molar-refractivity contribution in [1.29, 1.82) is 0 Å². The first-order valence-electron chi connectivity index (χ1n) is 9.29. The summed E-state index contributed by atoms with van der Waals surface area (Å²) in [6.07, 6.45) is 2.63. The van der Waals surface area contributed by atoms with Crippen molar-refractivity contribution in [3.63, 3.8) is 0 Å². The number of hydrogen-bond acceptors (Lipinski definition) is 3. The molecule has 0 atom stereocenters. The van der Waals surface area contributed by atoms with Crippen LogP contribution < -0.4 is 5.32 Å². The van der Waals surface area contributed by atoms with Crippen LogP contribution in [0.5, 0.6) is 0 Å². The van der Waals surface area contributed by atoms with E-state index < -0.39 is 0 Å². The van der Waals surface area contributed by atoms with Gasteiger partial charge in [0.1, 0.15) is 0 Å². The normalized spacial score (nSPS) is 13.0. The summed E-state index contributed by atoms with van der Waals surface area (Å²) in [4.78, 5) is 37.9. The number of carbonyl (C=O) groups is 3. The van der Waals surface area contributed by atoms with Crippen LogP contribution in [-0.4, -0.2) is 29.2 Å². The molecule has 0 bridgehead atoms. The maximum Gasteiger partial charge on any atom is 0.261 e. The topological polar surface area (TPSA) is 66.5 Å². The number of unbranched alkanes of at least 4 members (excludes halogenated alkanes) is 2. The van der Waals surface area contributed by atoms with Gasteiger partial charge in [-0.2, -0.15) is 0 Å². The average Bonchev–Trinajstić information content (AvgIpc) is 2.89. The summed E-state index contributed by atoms with van der Waals surface area (Å²) in [7, 11) is 0. The Bertz CT molecular complexity index is 854. The molecule has 1 N–H and O–H groups in total. The third kappa shape index (κ3) is 4.25. The Morgan fingerprint density at radius 3 is 2.19 bits per heavy atom. The summed E-state index contributed by atoms with van der Waals surface area (Å²) in [5.74, 6) is -0.454. The predicted octanol–water partition coefficient (Wildman–Crippen LogP) is 4.10. The minimum atomic E-state index is -0.219. The lowest BCUT2D eigenvalue weighted by molar-refractivity contribution is -0.116.